The van der Waals surface area contributed by atoms with Gasteiger partial charge in [0.05, 0.1) is 19.3 Å². The Kier molecular flexibility index (Phi) is 9.23. The Morgan fingerprint density at radius 1 is 1.19 bits per heavy atom. The number of carbonyl (C=O) groups is 4. The molecule has 0 radical (unpaired) electrons. The number of nitrogens with one attached hydrogen (secondary N) is 3. The lowest BCUT2D eigenvalue weighted by atomic mass is 10.0. The number of anilines is 1. The van der Waals surface area contributed by atoms with Gasteiger partial charge in [-0.15, -0.1) is 11.8 Å². The number of benzene rings is 1. The summed E-state index contributed by atoms with van der Waals surface area (Å²) in [5.41, 5.74) is 0.666. The van der Waals surface area contributed by atoms with Gasteiger partial charge in [-0.1, -0.05) is 19.9 Å². The zero-order valence-corrected chi connectivity index (χ0v) is 21.4. The molecule has 2 aromatic rings. The van der Waals surface area contributed by atoms with Crippen LogP contribution in [0.3, 0.4) is 0 Å². The van der Waals surface area contributed by atoms with E-state index < -0.39 is 41.9 Å². The number of hydrogen-bond donors (Lipinski definition) is 3. The van der Waals surface area contributed by atoms with E-state index in [0.717, 1.165) is 4.90 Å². The maximum absolute atomic E-state index is 13.4. The minimum atomic E-state index is -1.08. The molecule has 36 heavy (non-hydrogen) atoms. The van der Waals surface area contributed by atoms with E-state index in [2.05, 4.69) is 25.9 Å². The van der Waals surface area contributed by atoms with Crippen LogP contribution in [0.25, 0.3) is 0 Å². The third-order valence-corrected chi connectivity index (χ3v) is 6.50. The summed E-state index contributed by atoms with van der Waals surface area (Å²) in [6.45, 7) is 3.74. The number of rotatable bonds is 8. The van der Waals surface area contributed by atoms with Gasteiger partial charge in [0.2, 0.25) is 5.91 Å². The molecule has 1 saturated heterocycles. The van der Waals surface area contributed by atoms with Gasteiger partial charge >= 0.3 is 12.0 Å². The van der Waals surface area contributed by atoms with Gasteiger partial charge in [0.25, 0.3) is 5.91 Å². The van der Waals surface area contributed by atoms with Gasteiger partial charge < -0.3 is 25.6 Å². The minimum absolute atomic E-state index is 0.0719. The smallest absolute Gasteiger partial charge is 0.328 e. The molecule has 12 heteroatoms. The van der Waals surface area contributed by atoms with Crippen molar-refractivity contribution >= 4 is 41.3 Å². The first-order chi connectivity index (χ1) is 17.2. The summed E-state index contributed by atoms with van der Waals surface area (Å²) in [6.07, 6.45) is 6.40. The molecule has 1 aromatic carbocycles. The Morgan fingerprint density at radius 2 is 1.97 bits per heavy atom. The Morgan fingerprint density at radius 3 is 2.61 bits per heavy atom. The zero-order valence-electron chi connectivity index (χ0n) is 20.6. The molecule has 3 rings (SSSR count). The molecule has 1 aliphatic heterocycles. The highest BCUT2D eigenvalue weighted by atomic mass is 32.2. The van der Waals surface area contributed by atoms with Gasteiger partial charge in [0.15, 0.2) is 0 Å². The Labute approximate surface area is 213 Å². The molecule has 0 spiro atoms. The molecule has 1 aromatic heterocycles. The van der Waals surface area contributed by atoms with Crippen LogP contribution in [0.5, 0.6) is 0 Å². The first-order valence-electron chi connectivity index (χ1n) is 11.4. The number of amides is 4. The number of urea groups is 1. The molecule has 11 nitrogen and oxygen atoms in total. The summed E-state index contributed by atoms with van der Waals surface area (Å²) in [6, 6.07) is 4.12. The number of methoxy groups -OCH3 is 1. The molecular weight excluding hydrogens is 484 g/mol. The largest absolute Gasteiger partial charge is 0.467 e. The lowest BCUT2D eigenvalue weighted by Crippen LogP contribution is -2.58. The number of esters is 1. The predicted molar refractivity (Wildman–Crippen MR) is 134 cm³/mol. The highest BCUT2D eigenvalue weighted by molar-refractivity contribution is 7.98. The summed E-state index contributed by atoms with van der Waals surface area (Å²) < 4.78 is 4.82. The van der Waals surface area contributed by atoms with Crippen LogP contribution in [0.4, 0.5) is 10.5 Å². The van der Waals surface area contributed by atoms with Crippen LogP contribution in [0, 0.1) is 5.92 Å². The summed E-state index contributed by atoms with van der Waals surface area (Å²) >= 11 is 1.54. The maximum atomic E-state index is 13.4. The second-order valence-corrected chi connectivity index (χ2v) is 9.39. The third kappa shape index (κ3) is 6.51. The first-order valence-corrected chi connectivity index (χ1v) is 12.6. The number of ether oxygens (including phenoxy) is 1. The average molecular weight is 515 g/mol. The molecule has 0 saturated carbocycles. The Hall–Kier alpha value is -3.67. The van der Waals surface area contributed by atoms with Crippen LogP contribution >= 0.6 is 11.8 Å². The highest BCUT2D eigenvalue weighted by Gasteiger charge is 2.44. The quantitative estimate of drug-likeness (QED) is 0.358. The van der Waals surface area contributed by atoms with E-state index in [9.17, 15) is 19.2 Å². The molecule has 1 fully saturated rings. The van der Waals surface area contributed by atoms with Gasteiger partial charge in [0.1, 0.15) is 17.8 Å². The summed E-state index contributed by atoms with van der Waals surface area (Å²) in [4.78, 5) is 62.0. The highest BCUT2D eigenvalue weighted by Crippen LogP contribution is 2.23. The molecule has 0 unspecified atom stereocenters. The van der Waals surface area contributed by atoms with Gasteiger partial charge in [0, 0.05) is 29.5 Å². The average Bonchev–Trinajstić information content (AvgIpc) is 3.29. The third-order valence-electron chi connectivity index (χ3n) is 5.77. The second kappa shape index (κ2) is 12.3. The van der Waals surface area contributed by atoms with Crippen molar-refractivity contribution in [2.24, 2.45) is 5.92 Å². The van der Waals surface area contributed by atoms with Crippen LogP contribution < -0.4 is 16.0 Å². The van der Waals surface area contributed by atoms with Crippen molar-refractivity contribution in [2.75, 3.05) is 25.2 Å². The van der Waals surface area contributed by atoms with Crippen molar-refractivity contribution in [1.82, 2.24) is 25.5 Å². The molecule has 0 bridgehead atoms. The van der Waals surface area contributed by atoms with Gasteiger partial charge in [-0.3, -0.25) is 14.6 Å². The summed E-state index contributed by atoms with van der Waals surface area (Å²) in [7, 11) is 1.24. The van der Waals surface area contributed by atoms with Crippen LogP contribution in [-0.4, -0.2) is 76.7 Å². The van der Waals surface area contributed by atoms with E-state index in [1.807, 2.05) is 24.5 Å². The predicted octanol–water partition coefficient (Wildman–Crippen LogP) is 1.92. The monoisotopic (exact) mass is 514 g/mol. The first kappa shape index (κ1) is 26.9. The van der Waals surface area contributed by atoms with Crippen molar-refractivity contribution in [3.8, 4) is 0 Å². The maximum Gasteiger partial charge on any atom is 0.328 e. The topological polar surface area (TPSA) is 143 Å². The molecule has 2 heterocycles. The summed E-state index contributed by atoms with van der Waals surface area (Å²) in [5.74, 6) is -1.94. The lowest BCUT2D eigenvalue weighted by molar-refractivity contribution is -0.146. The van der Waals surface area contributed by atoms with Crippen LogP contribution in [-0.2, 0) is 14.3 Å². The number of nitrogens with zero attached hydrogens (tertiary/aromatic N) is 3. The molecule has 3 atom stereocenters. The normalized spacial score (nSPS) is 17.9. The number of thioether (sulfide) groups is 1. The number of aromatic nitrogens is 2. The Bertz CT molecular complexity index is 1100. The van der Waals surface area contributed by atoms with E-state index in [0.29, 0.717) is 12.1 Å². The fourth-order valence-electron chi connectivity index (χ4n) is 3.95. The molecule has 4 amide bonds. The standard InChI is InChI=1S/C24H30N6O5S/c1-14(2)19(23(33)35-3)29-21(31)20-17(8-11-30(20)22(32)18-13-25-9-10-26-18)28-24(34)27-15-6-5-7-16(12-15)36-4/h5-7,9-10,12-14,17,19-20H,8,11H2,1-4H3,(H,29,31)(H2,27,28,34)/t17-,19+,20-/m0/s1. The zero-order chi connectivity index (χ0) is 26.2. The van der Waals surface area contributed by atoms with Crippen molar-refractivity contribution in [3.63, 3.8) is 0 Å². The number of carbonyl (C=O) groups excluding carboxylic acids is 4. The molecule has 0 aliphatic carbocycles. The minimum Gasteiger partial charge on any atom is -0.467 e. The SMILES string of the molecule is COC(=O)[C@H](NC(=O)[C@@H]1[C@@H](NC(=O)Nc2cccc(SC)c2)CCN1C(=O)c1cnccn1)C(C)C. The fraction of sp³-hybridized carbons (Fsp3) is 0.417. The molecule has 1 aliphatic rings. The molecule has 192 valence electrons. The van der Waals surface area contributed by atoms with E-state index in [-0.39, 0.29) is 18.2 Å². The Balaban J connectivity index is 1.82. The van der Waals surface area contributed by atoms with E-state index in [1.165, 1.54) is 30.6 Å². The van der Waals surface area contributed by atoms with Crippen LogP contribution in [0.15, 0.2) is 47.8 Å². The fourth-order valence-corrected chi connectivity index (χ4v) is 4.41. The number of likely N-dealkylation sites (tertiary alicyclic amines) is 1. The van der Waals surface area contributed by atoms with Gasteiger partial charge in [-0.25, -0.2) is 14.6 Å². The lowest BCUT2D eigenvalue weighted by Gasteiger charge is -2.29. The van der Waals surface area contributed by atoms with Crippen molar-refractivity contribution in [3.05, 3.63) is 48.5 Å². The van der Waals surface area contributed by atoms with Crippen molar-refractivity contribution < 1.29 is 23.9 Å². The van der Waals surface area contributed by atoms with Crippen LogP contribution in [0.1, 0.15) is 30.8 Å². The van der Waals surface area contributed by atoms with E-state index in [1.54, 1.807) is 31.7 Å². The molecular formula is C24H30N6O5S. The van der Waals surface area contributed by atoms with Gasteiger partial charge in [-0.05, 0) is 36.8 Å². The van der Waals surface area contributed by atoms with E-state index in [4.69, 9.17) is 4.74 Å². The van der Waals surface area contributed by atoms with Gasteiger partial charge in [-0.2, -0.15) is 0 Å². The van der Waals surface area contributed by atoms with Crippen LogP contribution in [0.2, 0.25) is 0 Å². The summed E-state index contributed by atoms with van der Waals surface area (Å²) in [5, 5.41) is 8.28. The second-order valence-electron chi connectivity index (χ2n) is 8.51. The van der Waals surface area contributed by atoms with Crippen molar-refractivity contribution in [2.45, 2.75) is 43.3 Å². The van der Waals surface area contributed by atoms with E-state index >= 15 is 0 Å². The van der Waals surface area contributed by atoms with Crippen molar-refractivity contribution in [1.29, 1.82) is 0 Å². The number of hydrogen-bond acceptors (Lipinski definition) is 8. The molecule has 3 N–H and O–H groups in total.